The first-order chi connectivity index (χ1) is 9.42. The zero-order chi connectivity index (χ0) is 14.8. The lowest BCUT2D eigenvalue weighted by Crippen LogP contribution is -2.38. The molecular formula is C13H17N3O4. The summed E-state index contributed by atoms with van der Waals surface area (Å²) in [5.74, 6) is -0.752. The van der Waals surface area contributed by atoms with E-state index in [1.54, 1.807) is 13.1 Å². The third-order valence-electron chi connectivity index (χ3n) is 3.63. The standard InChI is InChI=1S/C13H17N3O4/c1-9-6-10(16(19)20)12(14-8-9)15-13(7-11(17)18)4-2-3-5-13/h6,8H,2-5,7H2,1H3,(H,14,15)(H,17,18). The number of hydrogen-bond acceptors (Lipinski definition) is 5. The van der Waals surface area contributed by atoms with Gasteiger partial charge in [0.2, 0.25) is 5.82 Å². The Morgan fingerprint density at radius 2 is 2.20 bits per heavy atom. The highest BCUT2D eigenvalue weighted by molar-refractivity contribution is 5.70. The normalized spacial score (nSPS) is 16.9. The van der Waals surface area contributed by atoms with Gasteiger partial charge in [-0.3, -0.25) is 14.9 Å². The minimum absolute atomic E-state index is 0.0558. The monoisotopic (exact) mass is 279 g/mol. The van der Waals surface area contributed by atoms with Crippen LogP contribution in [-0.4, -0.2) is 26.5 Å². The maximum Gasteiger partial charge on any atom is 0.311 e. The molecule has 0 unspecified atom stereocenters. The second-order valence-corrected chi connectivity index (χ2v) is 5.32. The van der Waals surface area contributed by atoms with Crippen LogP contribution >= 0.6 is 0 Å². The van der Waals surface area contributed by atoms with Crippen LogP contribution in [0.25, 0.3) is 0 Å². The highest BCUT2D eigenvalue weighted by Crippen LogP contribution is 2.37. The van der Waals surface area contributed by atoms with E-state index in [0.717, 1.165) is 12.8 Å². The molecule has 0 bridgehead atoms. The molecule has 2 rings (SSSR count). The average molecular weight is 279 g/mol. The predicted octanol–water partition coefficient (Wildman–Crippen LogP) is 2.50. The quantitative estimate of drug-likeness (QED) is 0.633. The van der Waals surface area contributed by atoms with Crippen LogP contribution in [0.5, 0.6) is 0 Å². The van der Waals surface area contributed by atoms with Gasteiger partial charge in [0.05, 0.1) is 11.3 Å². The number of carboxylic acid groups (broad SMARTS) is 1. The first-order valence-electron chi connectivity index (χ1n) is 6.53. The number of nitrogens with zero attached hydrogens (tertiary/aromatic N) is 2. The van der Waals surface area contributed by atoms with Crippen LogP contribution in [0.2, 0.25) is 0 Å². The van der Waals surface area contributed by atoms with Crippen molar-refractivity contribution >= 4 is 17.5 Å². The summed E-state index contributed by atoms with van der Waals surface area (Å²) in [5, 5.41) is 23.2. The van der Waals surface area contributed by atoms with Gasteiger partial charge in [0.15, 0.2) is 0 Å². The number of hydrogen-bond donors (Lipinski definition) is 2. The molecule has 0 atom stereocenters. The molecule has 20 heavy (non-hydrogen) atoms. The number of aromatic nitrogens is 1. The molecule has 1 saturated carbocycles. The van der Waals surface area contributed by atoms with Gasteiger partial charge in [0, 0.05) is 17.8 Å². The van der Waals surface area contributed by atoms with E-state index in [0.29, 0.717) is 18.4 Å². The summed E-state index contributed by atoms with van der Waals surface area (Å²) in [6.07, 6.45) is 4.69. The smallest absolute Gasteiger partial charge is 0.311 e. The summed E-state index contributed by atoms with van der Waals surface area (Å²) < 4.78 is 0. The minimum atomic E-state index is -0.908. The van der Waals surface area contributed by atoms with Crippen LogP contribution in [0.1, 0.15) is 37.7 Å². The maximum absolute atomic E-state index is 11.1. The highest BCUT2D eigenvalue weighted by Gasteiger charge is 2.37. The van der Waals surface area contributed by atoms with E-state index in [1.807, 2.05) is 0 Å². The van der Waals surface area contributed by atoms with Gasteiger partial charge in [0.1, 0.15) is 0 Å². The SMILES string of the molecule is Cc1cnc(NC2(CC(=O)O)CCCC2)c([N+](=O)[O-])c1. The molecule has 1 aromatic heterocycles. The molecule has 0 saturated heterocycles. The van der Waals surface area contributed by atoms with Crippen molar-refractivity contribution in [3.63, 3.8) is 0 Å². The fraction of sp³-hybridized carbons (Fsp3) is 0.538. The van der Waals surface area contributed by atoms with Gasteiger partial charge in [-0.05, 0) is 25.3 Å². The molecule has 0 aromatic carbocycles. The summed E-state index contributed by atoms with van der Waals surface area (Å²) in [6, 6.07) is 1.44. The molecule has 0 radical (unpaired) electrons. The van der Waals surface area contributed by atoms with Crippen molar-refractivity contribution < 1.29 is 14.8 Å². The van der Waals surface area contributed by atoms with Gasteiger partial charge in [0.25, 0.3) is 0 Å². The van der Waals surface area contributed by atoms with Crippen LogP contribution in [0, 0.1) is 17.0 Å². The summed E-state index contributed by atoms with van der Waals surface area (Å²) >= 11 is 0. The number of nitro groups is 1. The number of anilines is 1. The maximum atomic E-state index is 11.1. The Labute approximate surface area is 116 Å². The Morgan fingerprint density at radius 3 is 2.75 bits per heavy atom. The average Bonchev–Trinajstić information content (AvgIpc) is 2.78. The molecule has 0 aliphatic heterocycles. The minimum Gasteiger partial charge on any atom is -0.481 e. The molecule has 0 spiro atoms. The second kappa shape index (κ2) is 5.44. The summed E-state index contributed by atoms with van der Waals surface area (Å²) in [5.41, 5.74) is -0.0404. The van der Waals surface area contributed by atoms with Gasteiger partial charge >= 0.3 is 11.7 Å². The van der Waals surface area contributed by atoms with E-state index >= 15 is 0 Å². The van der Waals surface area contributed by atoms with Gasteiger partial charge in [-0.1, -0.05) is 12.8 Å². The Balaban J connectivity index is 2.31. The molecule has 1 aliphatic rings. The lowest BCUT2D eigenvalue weighted by atomic mass is 9.93. The van der Waals surface area contributed by atoms with E-state index in [2.05, 4.69) is 10.3 Å². The van der Waals surface area contributed by atoms with Crippen LogP contribution in [0.15, 0.2) is 12.3 Å². The largest absolute Gasteiger partial charge is 0.481 e. The Kier molecular flexibility index (Phi) is 3.87. The third kappa shape index (κ3) is 3.04. The molecular weight excluding hydrogens is 262 g/mol. The number of carbonyl (C=O) groups is 1. The van der Waals surface area contributed by atoms with Gasteiger partial charge in [-0.2, -0.15) is 0 Å². The molecule has 0 amide bonds. The van der Waals surface area contributed by atoms with Crippen molar-refractivity contribution in [2.24, 2.45) is 0 Å². The Hall–Kier alpha value is -2.18. The van der Waals surface area contributed by atoms with Crippen molar-refractivity contribution in [3.05, 3.63) is 27.9 Å². The van der Waals surface area contributed by atoms with Crippen LogP contribution in [0.4, 0.5) is 11.5 Å². The molecule has 1 aromatic rings. The van der Waals surface area contributed by atoms with Crippen LogP contribution in [-0.2, 0) is 4.79 Å². The molecule has 1 aliphatic carbocycles. The number of nitrogens with one attached hydrogen (secondary N) is 1. The van der Waals surface area contributed by atoms with Gasteiger partial charge < -0.3 is 10.4 Å². The number of rotatable bonds is 5. The zero-order valence-electron chi connectivity index (χ0n) is 11.3. The molecule has 7 nitrogen and oxygen atoms in total. The van der Waals surface area contributed by atoms with Crippen molar-refractivity contribution in [3.8, 4) is 0 Å². The fourth-order valence-electron chi connectivity index (χ4n) is 2.73. The lowest BCUT2D eigenvalue weighted by Gasteiger charge is -2.29. The number of carboxylic acids is 1. The molecule has 7 heteroatoms. The van der Waals surface area contributed by atoms with Crippen molar-refractivity contribution in [1.82, 2.24) is 4.98 Å². The topological polar surface area (TPSA) is 105 Å². The van der Waals surface area contributed by atoms with E-state index in [9.17, 15) is 14.9 Å². The first-order valence-corrected chi connectivity index (χ1v) is 6.53. The molecule has 108 valence electrons. The fourth-order valence-corrected chi connectivity index (χ4v) is 2.73. The van der Waals surface area contributed by atoms with E-state index in [-0.39, 0.29) is 17.9 Å². The van der Waals surface area contributed by atoms with Crippen LogP contribution in [0.3, 0.4) is 0 Å². The first kappa shape index (κ1) is 14.2. The van der Waals surface area contributed by atoms with Crippen molar-refractivity contribution in [2.75, 3.05) is 5.32 Å². The summed E-state index contributed by atoms with van der Waals surface area (Å²) in [6.45, 7) is 1.73. The summed E-state index contributed by atoms with van der Waals surface area (Å²) in [7, 11) is 0. The van der Waals surface area contributed by atoms with E-state index in [4.69, 9.17) is 5.11 Å². The van der Waals surface area contributed by atoms with Crippen LogP contribution < -0.4 is 5.32 Å². The number of aryl methyl sites for hydroxylation is 1. The van der Waals surface area contributed by atoms with E-state index < -0.39 is 16.4 Å². The number of pyridine rings is 1. The zero-order valence-corrected chi connectivity index (χ0v) is 11.3. The molecule has 1 heterocycles. The Morgan fingerprint density at radius 1 is 1.55 bits per heavy atom. The predicted molar refractivity (Wildman–Crippen MR) is 72.7 cm³/mol. The number of aliphatic carboxylic acids is 1. The third-order valence-corrected chi connectivity index (χ3v) is 3.63. The lowest BCUT2D eigenvalue weighted by molar-refractivity contribution is -0.384. The Bertz CT molecular complexity index is 538. The molecule has 1 fully saturated rings. The molecule has 2 N–H and O–H groups in total. The van der Waals surface area contributed by atoms with Crippen molar-refractivity contribution in [1.29, 1.82) is 0 Å². The van der Waals surface area contributed by atoms with Gasteiger partial charge in [-0.25, -0.2) is 4.98 Å². The second-order valence-electron chi connectivity index (χ2n) is 5.32. The van der Waals surface area contributed by atoms with Crippen molar-refractivity contribution in [2.45, 2.75) is 44.6 Å². The van der Waals surface area contributed by atoms with Gasteiger partial charge in [-0.15, -0.1) is 0 Å². The highest BCUT2D eigenvalue weighted by atomic mass is 16.6. The summed E-state index contributed by atoms with van der Waals surface area (Å²) in [4.78, 5) is 25.7. The van der Waals surface area contributed by atoms with E-state index in [1.165, 1.54) is 6.07 Å².